The molecule has 0 aromatic heterocycles. The van der Waals surface area contributed by atoms with Gasteiger partial charge in [0.15, 0.2) is 0 Å². The standard InChI is InChI=1S/C3H6O4S.2Na.2H/c1-2-3-7-8(4,5)6;;;;/h2H,1,3H2,(H,4,5,6);;;;/q;2*+1;2*-1. The van der Waals surface area contributed by atoms with Gasteiger partial charge in [0.25, 0.3) is 0 Å². The molecule has 0 aliphatic rings. The van der Waals surface area contributed by atoms with Gasteiger partial charge in [0.05, 0.1) is 6.61 Å². The summed E-state index contributed by atoms with van der Waals surface area (Å²) in [7, 11) is -4.26. The molecule has 0 spiro atoms. The smallest absolute Gasteiger partial charge is 1.00 e. The molecule has 1 N–H and O–H groups in total. The van der Waals surface area contributed by atoms with Crippen molar-refractivity contribution in [1.82, 2.24) is 0 Å². The molecule has 4 nitrogen and oxygen atoms in total. The molecule has 52 valence electrons. The van der Waals surface area contributed by atoms with Gasteiger partial charge in [-0.2, -0.15) is 8.42 Å². The van der Waals surface area contributed by atoms with Crippen molar-refractivity contribution >= 4 is 10.4 Å². The molecule has 0 aliphatic heterocycles. The summed E-state index contributed by atoms with van der Waals surface area (Å²) in [6, 6.07) is 0. The van der Waals surface area contributed by atoms with Crippen molar-refractivity contribution in [2.75, 3.05) is 6.61 Å². The van der Waals surface area contributed by atoms with Gasteiger partial charge in [0, 0.05) is 0 Å². The van der Waals surface area contributed by atoms with Crippen LogP contribution in [0.25, 0.3) is 0 Å². The fourth-order valence-electron chi connectivity index (χ4n) is 0.134. The summed E-state index contributed by atoms with van der Waals surface area (Å²) in [5, 5.41) is 0. The number of hydrogen-bond acceptors (Lipinski definition) is 3. The zero-order chi connectivity index (χ0) is 6.62. The Bertz CT molecular complexity index is 171. The molecule has 0 saturated carbocycles. The molecule has 0 heterocycles. The Morgan fingerprint density at radius 3 is 2.10 bits per heavy atom. The normalized spacial score (nSPS) is 8.90. The summed E-state index contributed by atoms with van der Waals surface area (Å²) >= 11 is 0. The van der Waals surface area contributed by atoms with Gasteiger partial charge in [-0.05, 0) is 0 Å². The molecule has 0 radical (unpaired) electrons. The van der Waals surface area contributed by atoms with Gasteiger partial charge in [-0.3, -0.25) is 4.55 Å². The Morgan fingerprint density at radius 2 is 2.00 bits per heavy atom. The van der Waals surface area contributed by atoms with Crippen LogP contribution in [-0.2, 0) is 14.6 Å². The van der Waals surface area contributed by atoms with E-state index in [2.05, 4.69) is 10.8 Å². The molecule has 10 heavy (non-hydrogen) atoms. The summed E-state index contributed by atoms with van der Waals surface area (Å²) in [6.07, 6.45) is 1.22. The first kappa shape index (κ1) is 17.6. The Morgan fingerprint density at radius 1 is 1.60 bits per heavy atom. The van der Waals surface area contributed by atoms with E-state index in [1.807, 2.05) is 0 Å². The topological polar surface area (TPSA) is 63.6 Å². The van der Waals surface area contributed by atoms with Crippen molar-refractivity contribution in [2.45, 2.75) is 0 Å². The van der Waals surface area contributed by atoms with Gasteiger partial charge in [-0.25, -0.2) is 4.18 Å². The molecular weight excluding hydrogens is 178 g/mol. The van der Waals surface area contributed by atoms with Crippen molar-refractivity contribution in [1.29, 1.82) is 0 Å². The maximum atomic E-state index is 9.68. The van der Waals surface area contributed by atoms with Crippen molar-refractivity contribution < 1.29 is 79.1 Å². The number of rotatable bonds is 3. The summed E-state index contributed by atoms with van der Waals surface area (Å²) in [6.45, 7) is 2.97. The summed E-state index contributed by atoms with van der Waals surface area (Å²) in [4.78, 5) is 0. The van der Waals surface area contributed by atoms with E-state index in [1.54, 1.807) is 0 Å². The Balaban J connectivity index is -0.0000000408. The molecule has 0 bridgehead atoms. The average molecular weight is 186 g/mol. The van der Waals surface area contributed by atoms with Gasteiger partial charge in [0.1, 0.15) is 0 Å². The molecule has 0 fully saturated rings. The maximum absolute atomic E-state index is 9.68. The van der Waals surface area contributed by atoms with E-state index in [1.165, 1.54) is 6.08 Å². The van der Waals surface area contributed by atoms with E-state index in [-0.39, 0.29) is 68.6 Å². The second kappa shape index (κ2) is 8.70. The van der Waals surface area contributed by atoms with Crippen LogP contribution in [-0.4, -0.2) is 19.6 Å². The van der Waals surface area contributed by atoms with Gasteiger partial charge in [0.2, 0.25) is 0 Å². The van der Waals surface area contributed by atoms with Crippen LogP contribution in [0.15, 0.2) is 12.7 Å². The van der Waals surface area contributed by atoms with Crippen molar-refractivity contribution in [2.24, 2.45) is 0 Å². The third-order valence-electron chi connectivity index (χ3n) is 0.335. The van der Waals surface area contributed by atoms with Crippen molar-refractivity contribution in [3.63, 3.8) is 0 Å². The minimum Gasteiger partial charge on any atom is -1.00 e. The van der Waals surface area contributed by atoms with Crippen LogP contribution in [0.3, 0.4) is 0 Å². The van der Waals surface area contributed by atoms with E-state index < -0.39 is 10.4 Å². The molecule has 0 aromatic rings. The number of hydrogen-bond donors (Lipinski definition) is 1. The van der Waals surface area contributed by atoms with Crippen LogP contribution in [0.5, 0.6) is 0 Å². The zero-order valence-corrected chi connectivity index (χ0v) is 10.9. The fraction of sp³-hybridized carbons (Fsp3) is 0.333. The molecule has 0 saturated heterocycles. The summed E-state index contributed by atoms with van der Waals surface area (Å²) < 4.78 is 31.0. The Labute approximate surface area is 108 Å². The predicted octanol–water partition coefficient (Wildman–Crippen LogP) is -5.78. The fourth-order valence-corrected chi connectivity index (χ4v) is 0.402. The van der Waals surface area contributed by atoms with Crippen LogP contribution in [0.4, 0.5) is 0 Å². The monoisotopic (exact) mass is 186 g/mol. The van der Waals surface area contributed by atoms with Crippen molar-refractivity contribution in [3.8, 4) is 0 Å². The first-order valence-corrected chi connectivity index (χ1v) is 3.15. The minimum atomic E-state index is -4.26. The van der Waals surface area contributed by atoms with E-state index >= 15 is 0 Å². The van der Waals surface area contributed by atoms with E-state index in [9.17, 15) is 8.42 Å². The van der Waals surface area contributed by atoms with E-state index in [0.29, 0.717) is 0 Å². The largest absolute Gasteiger partial charge is 1.00 e. The third-order valence-corrected chi connectivity index (χ3v) is 0.769. The van der Waals surface area contributed by atoms with Gasteiger partial charge in [-0.15, -0.1) is 6.58 Å². The van der Waals surface area contributed by atoms with Gasteiger partial charge >= 0.3 is 69.5 Å². The SMILES string of the molecule is C=CCOS(=O)(=O)O.[H-].[H-].[Na+].[Na+]. The molecule has 7 heteroatoms. The molecule has 0 rings (SSSR count). The quantitative estimate of drug-likeness (QED) is 0.271. The molecule has 0 amide bonds. The second-order valence-electron chi connectivity index (χ2n) is 1.00. The Hall–Kier alpha value is 1.61. The molecule has 0 atom stereocenters. The van der Waals surface area contributed by atoms with E-state index in [4.69, 9.17) is 4.55 Å². The van der Waals surface area contributed by atoms with Crippen LogP contribution >= 0.6 is 0 Å². The Kier molecular flexibility index (Phi) is 15.3. The third kappa shape index (κ3) is 16.3. The first-order chi connectivity index (χ1) is 3.56. The maximum Gasteiger partial charge on any atom is 1.00 e. The molecular formula is C3H8Na2O4S. The summed E-state index contributed by atoms with van der Waals surface area (Å²) in [5.74, 6) is 0. The van der Waals surface area contributed by atoms with Crippen molar-refractivity contribution in [3.05, 3.63) is 12.7 Å². The minimum absolute atomic E-state index is 0. The average Bonchev–Trinajstić information content (AvgIpc) is 1.59. The predicted molar refractivity (Wildman–Crippen MR) is 29.9 cm³/mol. The molecule has 0 aliphatic carbocycles. The first-order valence-electron chi connectivity index (χ1n) is 1.79. The van der Waals surface area contributed by atoms with Crippen LogP contribution in [0.2, 0.25) is 0 Å². The van der Waals surface area contributed by atoms with Crippen LogP contribution < -0.4 is 59.1 Å². The van der Waals surface area contributed by atoms with Gasteiger partial charge in [-0.1, -0.05) is 6.08 Å². The second-order valence-corrected chi connectivity index (χ2v) is 2.09. The summed E-state index contributed by atoms with van der Waals surface area (Å²) in [5.41, 5.74) is 0. The molecule has 0 aromatic carbocycles. The molecule has 0 unspecified atom stereocenters. The van der Waals surface area contributed by atoms with E-state index in [0.717, 1.165) is 0 Å². The van der Waals surface area contributed by atoms with Crippen LogP contribution in [0, 0.1) is 0 Å². The van der Waals surface area contributed by atoms with Crippen LogP contribution in [0.1, 0.15) is 2.85 Å². The zero-order valence-electron chi connectivity index (χ0n) is 8.07. The van der Waals surface area contributed by atoms with Gasteiger partial charge < -0.3 is 2.85 Å².